The first-order chi connectivity index (χ1) is 32.7. The highest BCUT2D eigenvalue weighted by molar-refractivity contribution is 5.95. The van der Waals surface area contributed by atoms with Crippen LogP contribution < -0.4 is 0 Å². The van der Waals surface area contributed by atoms with Crippen molar-refractivity contribution in [2.45, 2.75) is 43.3 Å². The van der Waals surface area contributed by atoms with Gasteiger partial charge in [0, 0.05) is 71.6 Å². The van der Waals surface area contributed by atoms with E-state index in [9.17, 15) is 66.4 Å². The third kappa shape index (κ3) is 11.0. The molecule has 362 valence electrons. The summed E-state index contributed by atoms with van der Waals surface area (Å²) < 4.78 is 102. The van der Waals surface area contributed by atoms with Gasteiger partial charge in [0.2, 0.25) is 0 Å². The fourth-order valence-electron chi connectivity index (χ4n) is 7.25. The van der Waals surface area contributed by atoms with Gasteiger partial charge in [-0.25, -0.2) is 9.59 Å². The van der Waals surface area contributed by atoms with E-state index >= 15 is 0 Å². The molecule has 2 atom stereocenters. The van der Waals surface area contributed by atoms with Gasteiger partial charge < -0.3 is 38.7 Å². The Kier molecular flexibility index (Phi) is 15.5. The number of nitro groups is 2. The van der Waals surface area contributed by atoms with Crippen molar-refractivity contribution in [3.05, 3.63) is 188 Å². The van der Waals surface area contributed by atoms with Gasteiger partial charge in [-0.15, -0.1) is 0 Å². The number of halogens is 6. The Morgan fingerprint density at radius 3 is 1.29 bits per heavy atom. The minimum Gasteiger partial charge on any atom is -0.461 e. The number of carbonyl (C=O) groups excluding carboxylic acids is 2. The summed E-state index contributed by atoms with van der Waals surface area (Å²) in [5, 5.41) is 52.3. The van der Waals surface area contributed by atoms with Crippen LogP contribution in [0.2, 0.25) is 0 Å². The number of rotatable bonds is 17. The number of nitrogens with zero attached hydrogens (tertiary/aromatic N) is 4. The Morgan fingerprint density at radius 2 is 0.928 bits per heavy atom. The highest BCUT2D eigenvalue weighted by Gasteiger charge is 2.64. The van der Waals surface area contributed by atoms with Crippen LogP contribution in [0.3, 0.4) is 0 Å². The average Bonchev–Trinajstić information content (AvgIpc) is 3.87. The van der Waals surface area contributed by atoms with E-state index in [1.165, 1.54) is 9.13 Å². The normalized spacial score (nSPS) is 13.5. The molecule has 2 heterocycles. The van der Waals surface area contributed by atoms with E-state index < -0.39 is 76.3 Å². The van der Waals surface area contributed by atoms with Crippen LogP contribution in [0.1, 0.15) is 27.8 Å². The molecule has 0 amide bonds. The van der Waals surface area contributed by atoms with Crippen molar-refractivity contribution in [3.8, 4) is 0 Å². The zero-order valence-electron chi connectivity index (χ0n) is 35.8. The maximum Gasteiger partial charge on any atom is 0.432 e. The first kappa shape index (κ1) is 50.7. The molecule has 3 N–H and O–H groups in total. The van der Waals surface area contributed by atoms with Crippen molar-refractivity contribution < 1.29 is 75.3 Å². The molecule has 0 radical (unpaired) electrons. The second-order valence-corrected chi connectivity index (χ2v) is 15.2. The number of non-ortho nitro benzene ring substituents is 2. The van der Waals surface area contributed by atoms with E-state index in [4.69, 9.17) is 14.6 Å². The zero-order valence-corrected chi connectivity index (χ0v) is 35.8. The second kappa shape index (κ2) is 21.1. The van der Waals surface area contributed by atoms with Gasteiger partial charge in [-0.3, -0.25) is 20.2 Å². The van der Waals surface area contributed by atoms with E-state index in [1.54, 1.807) is 84.9 Å². The molecule has 7 aromatic rings. The molecule has 0 saturated heterocycles. The number of aliphatic hydroxyl groups excluding tert-OH is 1. The molecule has 2 unspecified atom stereocenters. The number of aromatic nitrogens is 2. The number of hydrogen-bond acceptors (Lipinski definition) is 12. The van der Waals surface area contributed by atoms with Crippen molar-refractivity contribution in [1.82, 2.24) is 9.13 Å². The SMILES string of the molecule is O=C(OCCO)C(O)(c1cn(Cc2ccccc2)c2cc([N+](=O)[O-])ccc12)C(F)(F)F.O=C(OCCOCc1ccccc1)C(O)(c1cn(Cc2ccccc2)c2cc([N+](=O)[O-])ccc12)C(F)(F)F. The van der Waals surface area contributed by atoms with E-state index in [0.29, 0.717) is 11.1 Å². The van der Waals surface area contributed by atoms with Crippen molar-refractivity contribution in [2.75, 3.05) is 26.4 Å². The molecule has 5 aromatic carbocycles. The maximum absolute atomic E-state index is 14.3. The molecule has 0 bridgehead atoms. The summed E-state index contributed by atoms with van der Waals surface area (Å²) in [6.07, 6.45) is -9.02. The van der Waals surface area contributed by atoms with Crippen LogP contribution in [0.5, 0.6) is 0 Å². The number of ether oxygens (including phenoxy) is 3. The molecular weight excluding hydrogens is 927 g/mol. The zero-order chi connectivity index (χ0) is 50.1. The molecule has 69 heavy (non-hydrogen) atoms. The third-order valence-electron chi connectivity index (χ3n) is 10.6. The minimum absolute atomic E-state index is 0.0192. The molecule has 16 nitrogen and oxygen atoms in total. The van der Waals surface area contributed by atoms with Gasteiger partial charge in [-0.1, -0.05) is 91.0 Å². The van der Waals surface area contributed by atoms with Crippen LogP contribution in [0.25, 0.3) is 21.8 Å². The number of esters is 2. The Labute approximate surface area is 386 Å². The molecule has 0 aliphatic carbocycles. The predicted octanol–water partition coefficient (Wildman–Crippen LogP) is 7.99. The van der Waals surface area contributed by atoms with Crippen LogP contribution in [0.4, 0.5) is 37.7 Å². The topological polar surface area (TPSA) is 219 Å². The number of hydrogen-bond donors (Lipinski definition) is 3. The van der Waals surface area contributed by atoms with E-state index in [2.05, 4.69) is 4.74 Å². The Bertz CT molecular complexity index is 2930. The predicted molar refractivity (Wildman–Crippen MR) is 233 cm³/mol. The van der Waals surface area contributed by atoms with Crippen LogP contribution >= 0.6 is 0 Å². The molecule has 7 rings (SSSR count). The smallest absolute Gasteiger partial charge is 0.432 e. The van der Waals surface area contributed by atoms with Crippen LogP contribution in [0, 0.1) is 20.2 Å². The number of carbonyl (C=O) groups is 2. The monoisotopic (exact) mass is 966 g/mol. The van der Waals surface area contributed by atoms with Crippen molar-refractivity contribution in [3.63, 3.8) is 0 Å². The molecule has 0 saturated carbocycles. The van der Waals surface area contributed by atoms with Crippen LogP contribution in [-0.4, -0.2) is 85.0 Å². The standard InChI is InChI=1S/C27H23F3N2O6.C20H17F3N2O6/c28-27(29,30)26(34,25(33)38-14-13-37-18-20-9-5-2-6-10-20)23-17-31(16-19-7-3-1-4-8-19)24-15-21(32(35)36)11-12-22(23)24;21-20(22,23)19(28,18(27)31-9-8-26)16-12-24(11-13-4-2-1-3-5-13)17-10-14(25(29)30)6-7-15(16)17/h1-12,15,17,34H,13-14,16,18H2;1-7,10,12,26,28H,8-9,11H2. The van der Waals surface area contributed by atoms with Crippen molar-refractivity contribution in [1.29, 1.82) is 0 Å². The Morgan fingerprint density at radius 1 is 0.551 bits per heavy atom. The molecule has 0 spiro atoms. The first-order valence-electron chi connectivity index (χ1n) is 20.5. The van der Waals surface area contributed by atoms with E-state index in [0.717, 1.165) is 54.4 Å². The van der Waals surface area contributed by atoms with Gasteiger partial charge in [-0.05, 0) is 28.8 Å². The Hall–Kier alpha value is -7.66. The van der Waals surface area contributed by atoms with Gasteiger partial charge in [0.05, 0.1) is 40.7 Å². The van der Waals surface area contributed by atoms with Gasteiger partial charge in [0.15, 0.2) is 0 Å². The second-order valence-electron chi connectivity index (χ2n) is 15.2. The summed E-state index contributed by atoms with van der Waals surface area (Å²) in [7, 11) is 0. The molecule has 0 fully saturated rings. The lowest BCUT2D eigenvalue weighted by molar-refractivity contribution is -0.384. The van der Waals surface area contributed by atoms with Crippen LogP contribution in [-0.2, 0) is 54.7 Å². The number of alkyl halides is 6. The largest absolute Gasteiger partial charge is 0.461 e. The summed E-state index contributed by atoms with van der Waals surface area (Å²) in [6.45, 7) is -1.98. The quantitative estimate of drug-likeness (QED) is 0.0260. The van der Waals surface area contributed by atoms with Crippen molar-refractivity contribution >= 4 is 45.1 Å². The number of aliphatic hydroxyl groups is 3. The highest BCUT2D eigenvalue weighted by Crippen LogP contribution is 2.46. The third-order valence-corrected chi connectivity index (χ3v) is 10.6. The van der Waals surface area contributed by atoms with Gasteiger partial charge in [0.1, 0.15) is 13.2 Å². The van der Waals surface area contributed by atoms with Crippen LogP contribution in [0.15, 0.2) is 140 Å². The minimum atomic E-state index is -5.47. The van der Waals surface area contributed by atoms with Gasteiger partial charge in [0.25, 0.3) is 22.6 Å². The summed E-state index contributed by atoms with van der Waals surface area (Å²) in [5.74, 6) is -3.93. The molecule has 22 heteroatoms. The highest BCUT2D eigenvalue weighted by atomic mass is 19.4. The number of nitro benzene ring substituents is 2. The molecule has 2 aromatic heterocycles. The van der Waals surface area contributed by atoms with Crippen molar-refractivity contribution in [2.24, 2.45) is 0 Å². The molecule has 0 aliphatic heterocycles. The van der Waals surface area contributed by atoms with E-state index in [1.807, 2.05) is 6.07 Å². The van der Waals surface area contributed by atoms with Gasteiger partial charge in [-0.2, -0.15) is 26.3 Å². The molecule has 0 aliphatic rings. The maximum atomic E-state index is 14.3. The fourth-order valence-corrected chi connectivity index (χ4v) is 7.25. The number of benzene rings is 5. The van der Waals surface area contributed by atoms with E-state index in [-0.39, 0.29) is 59.5 Å². The first-order valence-corrected chi connectivity index (χ1v) is 20.5. The molecular formula is C47H40F6N4O12. The summed E-state index contributed by atoms with van der Waals surface area (Å²) in [4.78, 5) is 46.1. The number of fused-ring (bicyclic) bond motifs is 2. The summed E-state index contributed by atoms with van der Waals surface area (Å²) >= 11 is 0. The Balaban J connectivity index is 0.000000232. The fraction of sp³-hybridized carbons (Fsp3) is 0.234. The summed E-state index contributed by atoms with van der Waals surface area (Å²) in [5.41, 5.74) is -8.16. The van der Waals surface area contributed by atoms with Gasteiger partial charge >= 0.3 is 24.3 Å². The summed E-state index contributed by atoms with van der Waals surface area (Å²) in [6, 6.07) is 32.5. The lowest BCUT2D eigenvalue weighted by Gasteiger charge is -2.28. The lowest BCUT2D eigenvalue weighted by atomic mass is 9.92. The lowest BCUT2D eigenvalue weighted by Crippen LogP contribution is -2.50. The average molecular weight is 967 g/mol.